The van der Waals surface area contributed by atoms with Crippen LogP contribution in [-0.4, -0.2) is 29.0 Å². The maximum absolute atomic E-state index is 12.3. The van der Waals surface area contributed by atoms with E-state index in [2.05, 4.69) is 4.98 Å². The van der Waals surface area contributed by atoms with Crippen LogP contribution in [0.2, 0.25) is 0 Å². The number of ketones is 1. The second kappa shape index (κ2) is 7.22. The van der Waals surface area contributed by atoms with Gasteiger partial charge >= 0.3 is 5.97 Å². The van der Waals surface area contributed by atoms with E-state index in [0.29, 0.717) is 0 Å². The molecule has 1 heterocycles. The molecule has 0 aliphatic carbocycles. The van der Waals surface area contributed by atoms with E-state index in [0.717, 1.165) is 5.56 Å². The zero-order chi connectivity index (χ0) is 16.8. The molecule has 0 aliphatic rings. The minimum absolute atomic E-state index is 0.0600. The largest absolute Gasteiger partial charge is 0.507 e. The molecule has 2 aromatic rings. The standard InChI is InChI=1S/C17H15NO5/c1-11(19)23-16-9-13(22-2)8-15(21)17(16)14(20)6-5-12-4-3-7-18-10-12/h3-10,21H,1-2H3/b6-5+. The second-order valence-electron chi connectivity index (χ2n) is 4.60. The molecule has 6 nitrogen and oxygen atoms in total. The Morgan fingerprint density at radius 3 is 2.70 bits per heavy atom. The van der Waals surface area contributed by atoms with Crippen molar-refractivity contribution in [3.05, 3.63) is 53.9 Å². The first-order valence-corrected chi connectivity index (χ1v) is 6.73. The lowest BCUT2D eigenvalue weighted by atomic mass is 10.1. The van der Waals surface area contributed by atoms with E-state index in [1.165, 1.54) is 32.2 Å². The van der Waals surface area contributed by atoms with Gasteiger partial charge in [0.2, 0.25) is 0 Å². The molecule has 118 valence electrons. The number of rotatable bonds is 5. The lowest BCUT2D eigenvalue weighted by Gasteiger charge is -2.11. The topological polar surface area (TPSA) is 85.7 Å². The number of methoxy groups -OCH3 is 1. The molecule has 23 heavy (non-hydrogen) atoms. The van der Waals surface area contributed by atoms with E-state index < -0.39 is 11.8 Å². The number of hydrogen-bond acceptors (Lipinski definition) is 6. The monoisotopic (exact) mass is 313 g/mol. The summed E-state index contributed by atoms with van der Waals surface area (Å²) in [5.74, 6) is -1.24. The van der Waals surface area contributed by atoms with Crippen LogP contribution in [0.15, 0.2) is 42.7 Å². The second-order valence-corrected chi connectivity index (χ2v) is 4.60. The number of nitrogens with zero attached hydrogens (tertiary/aromatic N) is 1. The number of carbonyl (C=O) groups is 2. The zero-order valence-electron chi connectivity index (χ0n) is 12.6. The summed E-state index contributed by atoms with van der Waals surface area (Å²) in [5.41, 5.74) is 0.615. The molecular weight excluding hydrogens is 298 g/mol. The molecule has 0 aliphatic heterocycles. The Balaban J connectivity index is 2.38. The minimum atomic E-state index is -0.608. The fourth-order valence-corrected chi connectivity index (χ4v) is 1.91. The number of aromatic hydroxyl groups is 1. The minimum Gasteiger partial charge on any atom is -0.507 e. The number of pyridine rings is 1. The molecule has 0 saturated heterocycles. The van der Waals surface area contributed by atoms with Crippen LogP contribution in [0.5, 0.6) is 17.2 Å². The van der Waals surface area contributed by atoms with Crippen LogP contribution in [0.1, 0.15) is 22.8 Å². The van der Waals surface area contributed by atoms with Crippen LogP contribution in [0.4, 0.5) is 0 Å². The van der Waals surface area contributed by atoms with Gasteiger partial charge in [-0.2, -0.15) is 0 Å². The number of aromatic nitrogens is 1. The Morgan fingerprint density at radius 1 is 1.30 bits per heavy atom. The molecule has 0 saturated carbocycles. The number of carbonyl (C=O) groups excluding carboxylic acids is 2. The van der Waals surface area contributed by atoms with Gasteiger partial charge in [-0.3, -0.25) is 14.6 Å². The van der Waals surface area contributed by atoms with Gasteiger partial charge in [0.05, 0.1) is 7.11 Å². The van der Waals surface area contributed by atoms with Gasteiger partial charge in [0.1, 0.15) is 22.8 Å². The summed E-state index contributed by atoms with van der Waals surface area (Å²) in [7, 11) is 1.40. The van der Waals surface area contributed by atoms with Gasteiger partial charge in [-0.05, 0) is 23.8 Å². The van der Waals surface area contributed by atoms with E-state index >= 15 is 0 Å². The Bertz CT molecular complexity index is 753. The lowest BCUT2D eigenvalue weighted by Crippen LogP contribution is -2.07. The lowest BCUT2D eigenvalue weighted by molar-refractivity contribution is -0.131. The number of esters is 1. The molecular formula is C17H15NO5. The molecule has 2 rings (SSSR count). The average molecular weight is 313 g/mol. The molecule has 1 N–H and O–H groups in total. The molecule has 0 fully saturated rings. The summed E-state index contributed by atoms with van der Waals surface area (Å²) < 4.78 is 9.99. The first-order chi connectivity index (χ1) is 11.0. The van der Waals surface area contributed by atoms with Crippen LogP contribution in [-0.2, 0) is 4.79 Å². The molecule has 0 amide bonds. The fraction of sp³-hybridized carbons (Fsp3) is 0.118. The van der Waals surface area contributed by atoms with Crippen LogP contribution >= 0.6 is 0 Å². The number of benzene rings is 1. The third-order valence-electron chi connectivity index (χ3n) is 2.90. The first-order valence-electron chi connectivity index (χ1n) is 6.73. The molecule has 1 aromatic heterocycles. The van der Waals surface area contributed by atoms with Crippen LogP contribution in [0.3, 0.4) is 0 Å². The summed E-state index contributed by atoms with van der Waals surface area (Å²) in [6.45, 7) is 1.20. The summed E-state index contributed by atoms with van der Waals surface area (Å²) in [4.78, 5) is 27.5. The van der Waals surface area contributed by atoms with Crippen molar-refractivity contribution in [2.75, 3.05) is 7.11 Å². The van der Waals surface area contributed by atoms with E-state index in [4.69, 9.17) is 9.47 Å². The van der Waals surface area contributed by atoms with Gasteiger partial charge < -0.3 is 14.6 Å². The number of allylic oxidation sites excluding steroid dienone is 1. The van der Waals surface area contributed by atoms with Crippen LogP contribution in [0.25, 0.3) is 6.08 Å². The van der Waals surface area contributed by atoms with E-state index in [1.807, 2.05) is 0 Å². The third-order valence-corrected chi connectivity index (χ3v) is 2.90. The summed E-state index contributed by atoms with van der Waals surface area (Å²) >= 11 is 0. The van der Waals surface area contributed by atoms with Crippen molar-refractivity contribution in [3.8, 4) is 17.2 Å². The average Bonchev–Trinajstić information content (AvgIpc) is 2.52. The highest BCUT2D eigenvalue weighted by atomic mass is 16.5. The predicted octanol–water partition coefficient (Wildman–Crippen LogP) is 2.62. The first kappa shape index (κ1) is 16.2. The maximum atomic E-state index is 12.3. The van der Waals surface area contributed by atoms with E-state index in [1.54, 1.807) is 30.6 Å². The van der Waals surface area contributed by atoms with Crippen molar-refractivity contribution in [1.29, 1.82) is 0 Å². The molecule has 0 bridgehead atoms. The number of ether oxygens (including phenoxy) is 2. The highest BCUT2D eigenvalue weighted by Gasteiger charge is 2.19. The van der Waals surface area contributed by atoms with Crippen molar-refractivity contribution < 1.29 is 24.2 Å². The van der Waals surface area contributed by atoms with E-state index in [-0.39, 0.29) is 22.8 Å². The van der Waals surface area contributed by atoms with Gasteiger partial charge in [-0.25, -0.2) is 0 Å². The van der Waals surface area contributed by atoms with Crippen LogP contribution in [0, 0.1) is 0 Å². The van der Waals surface area contributed by atoms with Crippen molar-refractivity contribution in [2.45, 2.75) is 6.92 Å². The number of hydrogen-bond donors (Lipinski definition) is 1. The van der Waals surface area contributed by atoms with Gasteiger partial charge in [0, 0.05) is 31.5 Å². The molecule has 6 heteroatoms. The van der Waals surface area contributed by atoms with Gasteiger partial charge in [-0.15, -0.1) is 0 Å². The van der Waals surface area contributed by atoms with Gasteiger partial charge in [0.25, 0.3) is 0 Å². The van der Waals surface area contributed by atoms with Crippen molar-refractivity contribution in [3.63, 3.8) is 0 Å². The normalized spacial score (nSPS) is 10.5. The summed E-state index contributed by atoms with van der Waals surface area (Å²) in [6, 6.07) is 6.15. The predicted molar refractivity (Wildman–Crippen MR) is 83.6 cm³/mol. The molecule has 0 unspecified atom stereocenters. The Kier molecular flexibility index (Phi) is 5.09. The Hall–Kier alpha value is -3.15. The number of phenols is 1. The van der Waals surface area contributed by atoms with Crippen molar-refractivity contribution in [1.82, 2.24) is 4.98 Å². The summed E-state index contributed by atoms with van der Waals surface area (Å²) in [5, 5.41) is 10.0. The molecule has 1 aromatic carbocycles. The zero-order valence-corrected chi connectivity index (χ0v) is 12.6. The van der Waals surface area contributed by atoms with Crippen molar-refractivity contribution in [2.24, 2.45) is 0 Å². The molecule has 0 atom stereocenters. The SMILES string of the molecule is COc1cc(O)c(C(=O)/C=C/c2cccnc2)c(OC(C)=O)c1. The van der Waals surface area contributed by atoms with E-state index in [9.17, 15) is 14.7 Å². The fourth-order valence-electron chi connectivity index (χ4n) is 1.91. The van der Waals surface area contributed by atoms with Crippen molar-refractivity contribution >= 4 is 17.8 Å². The van der Waals surface area contributed by atoms with Gasteiger partial charge in [0.15, 0.2) is 5.78 Å². The summed E-state index contributed by atoms with van der Waals surface area (Å²) in [6.07, 6.45) is 6.03. The van der Waals surface area contributed by atoms with Gasteiger partial charge in [-0.1, -0.05) is 6.07 Å². The Morgan fingerprint density at radius 2 is 2.09 bits per heavy atom. The number of phenolic OH excluding ortho intramolecular Hbond substituents is 1. The molecule has 0 spiro atoms. The Labute approximate surface area is 133 Å². The quantitative estimate of drug-likeness (QED) is 0.395. The highest BCUT2D eigenvalue weighted by Crippen LogP contribution is 2.34. The smallest absolute Gasteiger partial charge is 0.308 e. The molecule has 0 radical (unpaired) electrons. The highest BCUT2D eigenvalue weighted by molar-refractivity contribution is 6.11. The van der Waals surface area contributed by atoms with Crippen LogP contribution < -0.4 is 9.47 Å². The third kappa shape index (κ3) is 4.16. The maximum Gasteiger partial charge on any atom is 0.308 e.